The number of nitrogens with two attached hydrogens (primary N) is 2. The average Bonchev–Trinajstić information content (AvgIpc) is 2.60. The number of primary amides is 1. The van der Waals surface area contributed by atoms with Crippen molar-refractivity contribution < 1.29 is 4.79 Å². The van der Waals surface area contributed by atoms with Gasteiger partial charge in [0.15, 0.2) is 5.82 Å². The van der Waals surface area contributed by atoms with Gasteiger partial charge in [0.05, 0.1) is 5.69 Å². The van der Waals surface area contributed by atoms with Gasteiger partial charge < -0.3 is 11.5 Å². The molecule has 0 saturated carbocycles. The van der Waals surface area contributed by atoms with Gasteiger partial charge in [-0.3, -0.25) is 9.89 Å². The lowest BCUT2D eigenvalue weighted by Gasteiger charge is -1.96. The normalized spacial score (nSPS) is 12.2. The number of nitrogen functional groups attached to an aromatic ring is 1. The Balaban J connectivity index is 2.77. The highest BCUT2D eigenvalue weighted by Gasteiger charge is 2.14. The number of allylic oxidation sites excluding steroid dienone is 4. The Hall–Kier alpha value is -2.04. The predicted molar refractivity (Wildman–Crippen MR) is 68.4 cm³/mol. The first kappa shape index (κ1) is 13.0. The molecule has 1 rings (SSSR count). The molecule has 0 unspecified atom stereocenters. The van der Waals surface area contributed by atoms with Gasteiger partial charge in [0.25, 0.3) is 5.91 Å². The monoisotopic (exact) mass is 234 g/mol. The summed E-state index contributed by atoms with van der Waals surface area (Å²) in [5.41, 5.74) is 12.9. The number of nitrogens with one attached hydrogen (secondary N) is 1. The predicted octanol–water partition coefficient (Wildman–Crippen LogP) is 1.55. The summed E-state index contributed by atoms with van der Waals surface area (Å²) in [4.78, 5) is 11.1. The second kappa shape index (κ2) is 5.89. The number of amides is 1. The van der Waals surface area contributed by atoms with Gasteiger partial charge >= 0.3 is 0 Å². The van der Waals surface area contributed by atoms with Crippen LogP contribution in [0.15, 0.2) is 23.8 Å². The van der Waals surface area contributed by atoms with E-state index in [9.17, 15) is 4.79 Å². The van der Waals surface area contributed by atoms with Gasteiger partial charge in [-0.2, -0.15) is 5.10 Å². The first-order chi connectivity index (χ1) is 8.06. The molecule has 0 radical (unpaired) electrons. The van der Waals surface area contributed by atoms with Gasteiger partial charge in [0.1, 0.15) is 5.56 Å². The molecule has 1 aromatic rings. The third-order valence-corrected chi connectivity index (χ3v) is 2.34. The van der Waals surface area contributed by atoms with Crippen LogP contribution in [0.2, 0.25) is 0 Å². The van der Waals surface area contributed by atoms with Gasteiger partial charge in [-0.15, -0.1) is 0 Å². The first-order valence-corrected chi connectivity index (χ1v) is 5.52. The largest absolute Gasteiger partial charge is 0.382 e. The van der Waals surface area contributed by atoms with Crippen LogP contribution in [0.25, 0.3) is 0 Å². The molecular formula is C12H18N4O. The minimum absolute atomic E-state index is 0.154. The molecule has 5 nitrogen and oxygen atoms in total. The lowest BCUT2D eigenvalue weighted by atomic mass is 10.1. The van der Waals surface area contributed by atoms with Crippen LogP contribution in [0.4, 0.5) is 5.82 Å². The zero-order valence-electron chi connectivity index (χ0n) is 10.2. The van der Waals surface area contributed by atoms with E-state index in [0.29, 0.717) is 12.1 Å². The fourth-order valence-electron chi connectivity index (χ4n) is 1.57. The summed E-state index contributed by atoms with van der Waals surface area (Å²) < 4.78 is 0. The van der Waals surface area contributed by atoms with E-state index < -0.39 is 5.91 Å². The topological polar surface area (TPSA) is 97.8 Å². The number of anilines is 1. The van der Waals surface area contributed by atoms with Gasteiger partial charge in [-0.1, -0.05) is 30.7 Å². The molecule has 5 heteroatoms. The van der Waals surface area contributed by atoms with Gasteiger partial charge in [-0.05, 0) is 13.3 Å². The number of aromatic amines is 1. The van der Waals surface area contributed by atoms with Crippen LogP contribution in [0.1, 0.15) is 36.3 Å². The molecule has 0 aromatic carbocycles. The Bertz CT molecular complexity index is 457. The molecule has 0 bridgehead atoms. The summed E-state index contributed by atoms with van der Waals surface area (Å²) in [6, 6.07) is 0. The van der Waals surface area contributed by atoms with E-state index in [1.807, 2.05) is 19.1 Å². The highest BCUT2D eigenvalue weighted by molar-refractivity contribution is 5.98. The lowest BCUT2D eigenvalue weighted by Crippen LogP contribution is -2.14. The summed E-state index contributed by atoms with van der Waals surface area (Å²) in [5.74, 6) is -0.401. The van der Waals surface area contributed by atoms with Crippen molar-refractivity contribution in [3.8, 4) is 0 Å². The maximum absolute atomic E-state index is 11.1. The standard InChI is InChI=1S/C12H18N4O/c1-3-5-8(2)6-4-7-9-10(12(14)17)11(13)16-15-9/h4-6H,3,7H2,1-2H3,(H2,14,17)(H3,13,15,16). The Kier molecular flexibility index (Phi) is 4.51. The smallest absolute Gasteiger partial charge is 0.254 e. The minimum Gasteiger partial charge on any atom is -0.382 e. The van der Waals surface area contributed by atoms with Gasteiger partial charge in [-0.25, -0.2) is 0 Å². The molecule has 92 valence electrons. The van der Waals surface area contributed by atoms with E-state index in [-0.39, 0.29) is 11.4 Å². The number of hydrogen-bond acceptors (Lipinski definition) is 3. The van der Waals surface area contributed by atoms with Crippen LogP contribution >= 0.6 is 0 Å². The number of carbonyl (C=O) groups is 1. The minimum atomic E-state index is -0.555. The number of carbonyl (C=O) groups excluding carboxylic acids is 1. The summed E-state index contributed by atoms with van der Waals surface area (Å²) in [6.07, 6.45) is 7.61. The molecular weight excluding hydrogens is 216 g/mol. The molecule has 0 spiro atoms. The third-order valence-electron chi connectivity index (χ3n) is 2.34. The Morgan fingerprint density at radius 3 is 2.82 bits per heavy atom. The second-order valence-electron chi connectivity index (χ2n) is 3.79. The number of rotatable bonds is 5. The van der Waals surface area contributed by atoms with Crippen LogP contribution in [-0.4, -0.2) is 16.1 Å². The van der Waals surface area contributed by atoms with E-state index in [1.54, 1.807) is 0 Å². The maximum Gasteiger partial charge on any atom is 0.254 e. The van der Waals surface area contributed by atoms with Crippen LogP contribution in [0.5, 0.6) is 0 Å². The van der Waals surface area contributed by atoms with Crippen LogP contribution < -0.4 is 11.5 Å². The number of nitrogens with zero attached hydrogens (tertiary/aromatic N) is 1. The number of aromatic nitrogens is 2. The first-order valence-electron chi connectivity index (χ1n) is 5.52. The van der Waals surface area contributed by atoms with E-state index in [1.165, 1.54) is 5.57 Å². The molecule has 0 saturated heterocycles. The molecule has 1 aromatic heterocycles. The van der Waals surface area contributed by atoms with Crippen molar-refractivity contribution in [1.82, 2.24) is 10.2 Å². The summed E-state index contributed by atoms with van der Waals surface area (Å²) in [6.45, 7) is 4.11. The van der Waals surface area contributed by atoms with Crippen molar-refractivity contribution in [2.45, 2.75) is 26.7 Å². The van der Waals surface area contributed by atoms with Crippen molar-refractivity contribution >= 4 is 11.7 Å². The SMILES string of the molecule is CCC=C(C)C=CCc1[nH]nc(N)c1C(N)=O. The van der Waals surface area contributed by atoms with Crippen LogP contribution in [-0.2, 0) is 6.42 Å². The molecule has 0 aliphatic carbocycles. The van der Waals surface area contributed by atoms with Crippen LogP contribution in [0.3, 0.4) is 0 Å². The van der Waals surface area contributed by atoms with Gasteiger partial charge in [0.2, 0.25) is 0 Å². The third kappa shape index (κ3) is 3.48. The molecule has 17 heavy (non-hydrogen) atoms. The highest BCUT2D eigenvalue weighted by Crippen LogP contribution is 2.13. The van der Waals surface area contributed by atoms with E-state index in [4.69, 9.17) is 11.5 Å². The van der Waals surface area contributed by atoms with Crippen molar-refractivity contribution in [3.63, 3.8) is 0 Å². The van der Waals surface area contributed by atoms with Gasteiger partial charge in [0, 0.05) is 6.42 Å². The Morgan fingerprint density at radius 2 is 2.24 bits per heavy atom. The van der Waals surface area contributed by atoms with E-state index >= 15 is 0 Å². The lowest BCUT2D eigenvalue weighted by molar-refractivity contribution is 0.100. The van der Waals surface area contributed by atoms with Crippen molar-refractivity contribution in [1.29, 1.82) is 0 Å². The quantitative estimate of drug-likeness (QED) is 0.674. The Labute approximate surface area is 101 Å². The second-order valence-corrected chi connectivity index (χ2v) is 3.79. The summed E-state index contributed by atoms with van der Waals surface area (Å²) >= 11 is 0. The molecule has 1 amide bonds. The molecule has 0 atom stereocenters. The Morgan fingerprint density at radius 1 is 1.53 bits per heavy atom. The molecule has 0 fully saturated rings. The fraction of sp³-hybridized carbons (Fsp3) is 0.333. The zero-order chi connectivity index (χ0) is 12.8. The average molecular weight is 234 g/mol. The van der Waals surface area contributed by atoms with Crippen LogP contribution in [0, 0.1) is 0 Å². The van der Waals surface area contributed by atoms with E-state index in [2.05, 4.69) is 23.2 Å². The zero-order valence-corrected chi connectivity index (χ0v) is 10.2. The van der Waals surface area contributed by atoms with Crippen molar-refractivity contribution in [3.05, 3.63) is 35.1 Å². The summed E-state index contributed by atoms with van der Waals surface area (Å²) in [7, 11) is 0. The van der Waals surface area contributed by atoms with Crippen molar-refractivity contribution in [2.75, 3.05) is 5.73 Å². The number of hydrogen-bond donors (Lipinski definition) is 3. The van der Waals surface area contributed by atoms with E-state index in [0.717, 1.165) is 6.42 Å². The fourth-order valence-corrected chi connectivity index (χ4v) is 1.57. The summed E-state index contributed by atoms with van der Waals surface area (Å²) in [5, 5.41) is 6.49. The molecule has 0 aliphatic heterocycles. The van der Waals surface area contributed by atoms with Crippen molar-refractivity contribution in [2.24, 2.45) is 5.73 Å². The number of H-pyrrole nitrogens is 1. The maximum atomic E-state index is 11.1. The highest BCUT2D eigenvalue weighted by atomic mass is 16.1. The molecule has 1 heterocycles. The molecule has 0 aliphatic rings. The molecule has 5 N–H and O–H groups in total.